The lowest BCUT2D eigenvalue weighted by molar-refractivity contribution is 0.318. The fourth-order valence-electron chi connectivity index (χ4n) is 2.30. The molecule has 0 fully saturated rings. The van der Waals surface area contributed by atoms with Gasteiger partial charge in [0, 0.05) is 22.7 Å². The lowest BCUT2D eigenvalue weighted by Gasteiger charge is -2.07. The number of hydrogen-bond acceptors (Lipinski definition) is 5. The highest BCUT2D eigenvalue weighted by Gasteiger charge is 2.06. The van der Waals surface area contributed by atoms with Gasteiger partial charge in [-0.3, -0.25) is 4.99 Å². The van der Waals surface area contributed by atoms with E-state index in [9.17, 15) is 5.11 Å². The maximum Gasteiger partial charge on any atom is 0.166 e. The van der Waals surface area contributed by atoms with E-state index in [0.29, 0.717) is 17.9 Å². The molecule has 1 N–H and O–H groups in total. The second kappa shape index (κ2) is 7.27. The summed E-state index contributed by atoms with van der Waals surface area (Å²) < 4.78 is 5.39. The number of thiazole rings is 1. The second-order valence-corrected chi connectivity index (χ2v) is 6.25. The van der Waals surface area contributed by atoms with Gasteiger partial charge in [-0.25, -0.2) is 4.98 Å². The highest BCUT2D eigenvalue weighted by atomic mass is 32.1. The van der Waals surface area contributed by atoms with Gasteiger partial charge >= 0.3 is 0 Å². The number of nitrogens with zero attached hydrogens (tertiary/aromatic N) is 2. The first-order chi connectivity index (χ1) is 11.7. The fourth-order valence-corrected chi connectivity index (χ4v) is 2.92. The molecule has 3 aromatic rings. The highest BCUT2D eigenvalue weighted by molar-refractivity contribution is 7.09. The average molecular weight is 338 g/mol. The number of aromatic nitrogens is 1. The molecule has 0 unspecified atom stereocenters. The van der Waals surface area contributed by atoms with Crippen molar-refractivity contribution >= 4 is 23.2 Å². The standard InChI is InChI=1S/C19H18N2O2S/c1-3-23-18-9-5-7-15(19(18)22)11-20-16-8-4-6-14(10-16)17-12-24-13(2)21-17/h4-12,22H,3H2,1-2H3. The molecule has 0 bridgehead atoms. The summed E-state index contributed by atoms with van der Waals surface area (Å²) in [6.45, 7) is 4.37. The van der Waals surface area contributed by atoms with Gasteiger partial charge in [0.25, 0.3) is 0 Å². The van der Waals surface area contributed by atoms with Gasteiger partial charge in [-0.2, -0.15) is 0 Å². The smallest absolute Gasteiger partial charge is 0.166 e. The van der Waals surface area contributed by atoms with Gasteiger partial charge in [0.15, 0.2) is 11.5 Å². The molecule has 0 saturated heterocycles. The second-order valence-electron chi connectivity index (χ2n) is 5.19. The molecule has 3 rings (SSSR count). The third-order valence-corrected chi connectivity index (χ3v) is 4.22. The molecule has 1 heterocycles. The largest absolute Gasteiger partial charge is 0.504 e. The van der Waals surface area contributed by atoms with Gasteiger partial charge in [-0.1, -0.05) is 18.2 Å². The Labute approximate surface area is 145 Å². The highest BCUT2D eigenvalue weighted by Crippen LogP contribution is 2.29. The molecule has 0 saturated carbocycles. The molecule has 1 aromatic heterocycles. The summed E-state index contributed by atoms with van der Waals surface area (Å²) in [6.07, 6.45) is 1.64. The van der Waals surface area contributed by atoms with Crippen molar-refractivity contribution in [1.29, 1.82) is 0 Å². The van der Waals surface area contributed by atoms with E-state index < -0.39 is 0 Å². The van der Waals surface area contributed by atoms with Crippen LogP contribution in [0.4, 0.5) is 5.69 Å². The molecule has 0 amide bonds. The summed E-state index contributed by atoms with van der Waals surface area (Å²) in [5, 5.41) is 13.3. The zero-order chi connectivity index (χ0) is 16.9. The maximum absolute atomic E-state index is 10.2. The van der Waals surface area contributed by atoms with Crippen LogP contribution in [0, 0.1) is 6.92 Å². The number of phenols is 1. The Morgan fingerprint density at radius 2 is 2.08 bits per heavy atom. The number of aryl methyl sites for hydroxylation is 1. The van der Waals surface area contributed by atoms with Gasteiger partial charge < -0.3 is 9.84 Å². The van der Waals surface area contributed by atoms with Gasteiger partial charge in [-0.15, -0.1) is 11.3 Å². The minimum atomic E-state index is 0.106. The molecule has 0 radical (unpaired) electrons. The Balaban J connectivity index is 1.86. The predicted molar refractivity (Wildman–Crippen MR) is 98.8 cm³/mol. The monoisotopic (exact) mass is 338 g/mol. The first-order valence-electron chi connectivity index (χ1n) is 7.69. The Morgan fingerprint density at radius 1 is 1.25 bits per heavy atom. The van der Waals surface area contributed by atoms with E-state index in [2.05, 4.69) is 9.98 Å². The van der Waals surface area contributed by atoms with Crippen molar-refractivity contribution in [3.8, 4) is 22.8 Å². The maximum atomic E-state index is 10.2. The van der Waals surface area contributed by atoms with Crippen molar-refractivity contribution in [1.82, 2.24) is 4.98 Å². The molecule has 4 nitrogen and oxygen atoms in total. The molecule has 0 spiro atoms. The van der Waals surface area contributed by atoms with Crippen molar-refractivity contribution in [2.75, 3.05) is 6.61 Å². The molecule has 0 atom stereocenters. The number of aromatic hydroxyl groups is 1. The number of rotatable bonds is 5. The van der Waals surface area contributed by atoms with Crippen molar-refractivity contribution in [3.05, 3.63) is 58.4 Å². The van der Waals surface area contributed by atoms with Crippen molar-refractivity contribution < 1.29 is 9.84 Å². The summed E-state index contributed by atoms with van der Waals surface area (Å²) in [4.78, 5) is 8.96. The summed E-state index contributed by atoms with van der Waals surface area (Å²) in [5.41, 5.74) is 3.41. The van der Waals surface area contributed by atoms with Gasteiger partial charge in [0.2, 0.25) is 0 Å². The Hall–Kier alpha value is -2.66. The van der Waals surface area contributed by atoms with Crippen LogP contribution in [0.1, 0.15) is 17.5 Å². The molecular formula is C19H18N2O2S. The van der Waals surface area contributed by atoms with E-state index in [1.165, 1.54) is 0 Å². The van der Waals surface area contributed by atoms with Crippen molar-refractivity contribution in [2.24, 2.45) is 4.99 Å². The van der Waals surface area contributed by atoms with E-state index >= 15 is 0 Å². The lowest BCUT2D eigenvalue weighted by Crippen LogP contribution is -1.93. The molecule has 2 aromatic carbocycles. The van der Waals surface area contributed by atoms with Crippen LogP contribution < -0.4 is 4.74 Å². The lowest BCUT2D eigenvalue weighted by atomic mass is 10.1. The Morgan fingerprint density at radius 3 is 2.83 bits per heavy atom. The third kappa shape index (κ3) is 3.63. The summed E-state index contributed by atoms with van der Waals surface area (Å²) in [7, 11) is 0. The van der Waals surface area contributed by atoms with Gasteiger partial charge in [0.05, 0.1) is 23.0 Å². The van der Waals surface area contributed by atoms with Crippen molar-refractivity contribution in [3.63, 3.8) is 0 Å². The molecule has 0 aliphatic rings. The van der Waals surface area contributed by atoms with Gasteiger partial charge in [0.1, 0.15) is 0 Å². The van der Waals surface area contributed by atoms with Crippen LogP contribution in [0.5, 0.6) is 11.5 Å². The van der Waals surface area contributed by atoms with Crippen molar-refractivity contribution in [2.45, 2.75) is 13.8 Å². The molecule has 0 aliphatic heterocycles. The van der Waals surface area contributed by atoms with E-state index in [0.717, 1.165) is 22.0 Å². The molecule has 122 valence electrons. The minimum Gasteiger partial charge on any atom is -0.504 e. The van der Waals surface area contributed by atoms with Crippen LogP contribution in [-0.4, -0.2) is 22.9 Å². The van der Waals surface area contributed by atoms with Crippen LogP contribution >= 0.6 is 11.3 Å². The molecule has 0 aliphatic carbocycles. The molecule has 24 heavy (non-hydrogen) atoms. The first-order valence-corrected chi connectivity index (χ1v) is 8.56. The van der Waals surface area contributed by atoms with E-state index in [-0.39, 0.29) is 5.75 Å². The number of ether oxygens (including phenoxy) is 1. The van der Waals surface area contributed by atoms with E-state index in [1.54, 1.807) is 29.7 Å². The van der Waals surface area contributed by atoms with Crippen LogP contribution in [0.25, 0.3) is 11.3 Å². The summed E-state index contributed by atoms with van der Waals surface area (Å²) >= 11 is 1.63. The molecule has 5 heteroatoms. The van der Waals surface area contributed by atoms with Crippen LogP contribution in [0.3, 0.4) is 0 Å². The number of para-hydroxylation sites is 1. The normalized spacial score (nSPS) is 11.1. The molecular weight excluding hydrogens is 320 g/mol. The average Bonchev–Trinajstić information content (AvgIpc) is 3.03. The topological polar surface area (TPSA) is 54.7 Å². The zero-order valence-corrected chi connectivity index (χ0v) is 14.4. The van der Waals surface area contributed by atoms with E-state index in [4.69, 9.17) is 4.74 Å². The first kappa shape index (κ1) is 16.2. The Kier molecular flexibility index (Phi) is 4.91. The van der Waals surface area contributed by atoms with Crippen LogP contribution in [0.15, 0.2) is 52.8 Å². The predicted octanol–water partition coefficient (Wildman–Crippen LogP) is 4.97. The van der Waals surface area contributed by atoms with E-state index in [1.807, 2.05) is 49.6 Å². The number of hydrogen-bond donors (Lipinski definition) is 1. The summed E-state index contributed by atoms with van der Waals surface area (Å²) in [6, 6.07) is 13.2. The van der Waals surface area contributed by atoms with Crippen LogP contribution in [-0.2, 0) is 0 Å². The quantitative estimate of drug-likeness (QED) is 0.668. The minimum absolute atomic E-state index is 0.106. The number of benzene rings is 2. The van der Waals surface area contributed by atoms with Gasteiger partial charge in [-0.05, 0) is 38.1 Å². The zero-order valence-electron chi connectivity index (χ0n) is 13.6. The number of phenolic OH excluding ortho intramolecular Hbond substituents is 1. The SMILES string of the molecule is CCOc1cccc(C=Nc2cccc(-c3csc(C)n3)c2)c1O. The van der Waals surface area contributed by atoms with Crippen LogP contribution in [0.2, 0.25) is 0 Å². The summed E-state index contributed by atoms with van der Waals surface area (Å²) in [5.74, 6) is 0.572. The third-order valence-electron chi connectivity index (χ3n) is 3.44. The number of aliphatic imine (C=N–C) groups is 1. The Bertz CT molecular complexity index is 871. The fraction of sp³-hybridized carbons (Fsp3) is 0.158.